The number of aliphatic hydroxyl groups excluding tert-OH is 3. The number of hydrogen-bond donors (Lipinski definition) is 5. The van der Waals surface area contributed by atoms with Crippen LogP contribution in [-0.4, -0.2) is 66.3 Å². The van der Waals surface area contributed by atoms with Gasteiger partial charge in [0, 0.05) is 6.54 Å². The molecule has 25 heavy (non-hydrogen) atoms. The Labute approximate surface area is 140 Å². The Morgan fingerprint density at radius 1 is 1.36 bits per heavy atom. The van der Waals surface area contributed by atoms with Crippen molar-refractivity contribution in [3.8, 4) is 0 Å². The summed E-state index contributed by atoms with van der Waals surface area (Å²) in [7, 11) is 0. The van der Waals surface area contributed by atoms with Gasteiger partial charge in [-0.2, -0.15) is 4.98 Å². The fraction of sp³-hybridized carbons (Fsp3) is 0.571. The molecule has 0 saturated carbocycles. The zero-order valence-electron chi connectivity index (χ0n) is 13.4. The van der Waals surface area contributed by atoms with E-state index in [0.717, 1.165) is 17.3 Å². The molecule has 3 rings (SSSR count). The van der Waals surface area contributed by atoms with Crippen molar-refractivity contribution in [3.05, 3.63) is 27.0 Å². The van der Waals surface area contributed by atoms with Crippen molar-refractivity contribution in [1.29, 1.82) is 0 Å². The Morgan fingerprint density at radius 3 is 2.76 bits per heavy atom. The molecule has 0 aromatic carbocycles. The van der Waals surface area contributed by atoms with Crippen LogP contribution in [0.1, 0.15) is 19.6 Å². The van der Waals surface area contributed by atoms with Gasteiger partial charge in [-0.3, -0.25) is 19.1 Å². The van der Waals surface area contributed by atoms with Gasteiger partial charge in [0.05, 0.1) is 12.9 Å². The number of anilines is 1. The van der Waals surface area contributed by atoms with Crippen molar-refractivity contribution in [2.45, 2.75) is 37.9 Å². The summed E-state index contributed by atoms with van der Waals surface area (Å²) < 4.78 is 6.55. The molecule has 0 amide bonds. The zero-order valence-corrected chi connectivity index (χ0v) is 13.4. The van der Waals surface area contributed by atoms with Crippen molar-refractivity contribution < 1.29 is 20.1 Å². The van der Waals surface area contributed by atoms with Crippen LogP contribution < -0.4 is 16.4 Å². The lowest BCUT2D eigenvalue weighted by Crippen LogP contribution is -2.33. The van der Waals surface area contributed by atoms with Crippen LogP contribution in [0.3, 0.4) is 0 Å². The largest absolute Gasteiger partial charge is 0.394 e. The van der Waals surface area contributed by atoms with E-state index < -0.39 is 42.3 Å². The highest BCUT2D eigenvalue weighted by Crippen LogP contribution is 2.30. The van der Waals surface area contributed by atoms with Crippen LogP contribution in [0.2, 0.25) is 0 Å². The van der Waals surface area contributed by atoms with Crippen molar-refractivity contribution in [3.63, 3.8) is 0 Å². The molecular formula is C14H19N5O6. The molecule has 0 spiro atoms. The first kappa shape index (κ1) is 17.5. The fourth-order valence-corrected chi connectivity index (χ4v) is 2.72. The van der Waals surface area contributed by atoms with E-state index in [1.807, 2.05) is 6.92 Å². The number of nitrogens with zero attached hydrogens (tertiary/aromatic N) is 3. The second-order valence-corrected chi connectivity index (χ2v) is 5.72. The van der Waals surface area contributed by atoms with Crippen LogP contribution >= 0.6 is 0 Å². The summed E-state index contributed by atoms with van der Waals surface area (Å²) in [6, 6.07) is 0. The molecule has 11 nitrogen and oxygen atoms in total. The molecule has 1 fully saturated rings. The van der Waals surface area contributed by atoms with E-state index in [0.29, 0.717) is 6.54 Å². The second kappa shape index (κ2) is 6.88. The molecule has 0 radical (unpaired) electrons. The highest BCUT2D eigenvalue weighted by atomic mass is 16.6. The Kier molecular flexibility index (Phi) is 4.81. The maximum atomic E-state index is 12.5. The molecule has 0 aliphatic carbocycles. The summed E-state index contributed by atoms with van der Waals surface area (Å²) in [5, 5.41) is 32.0. The topological polar surface area (TPSA) is 163 Å². The van der Waals surface area contributed by atoms with Gasteiger partial charge in [0.25, 0.3) is 5.56 Å². The number of aromatic nitrogens is 4. The van der Waals surface area contributed by atoms with E-state index >= 15 is 0 Å². The van der Waals surface area contributed by atoms with Gasteiger partial charge < -0.3 is 25.4 Å². The monoisotopic (exact) mass is 353 g/mol. The molecule has 136 valence electrons. The summed E-state index contributed by atoms with van der Waals surface area (Å²) in [4.78, 5) is 34.9. The van der Waals surface area contributed by atoms with Gasteiger partial charge in [0.1, 0.15) is 23.8 Å². The molecular weight excluding hydrogens is 334 g/mol. The number of ether oxygens (including phenoxy) is 1. The molecule has 1 aliphatic heterocycles. The first-order chi connectivity index (χ1) is 12.0. The van der Waals surface area contributed by atoms with Gasteiger partial charge in [-0.1, -0.05) is 6.92 Å². The number of rotatable bonds is 5. The molecule has 3 heterocycles. The number of hydrogen-bond acceptors (Lipinski definition) is 9. The predicted octanol–water partition coefficient (Wildman–Crippen LogP) is -2.09. The summed E-state index contributed by atoms with van der Waals surface area (Å²) in [6.45, 7) is 1.92. The Morgan fingerprint density at radius 2 is 2.12 bits per heavy atom. The van der Waals surface area contributed by atoms with Gasteiger partial charge in [0.15, 0.2) is 11.7 Å². The third kappa shape index (κ3) is 3.02. The molecule has 11 heteroatoms. The van der Waals surface area contributed by atoms with Crippen LogP contribution in [0.4, 0.5) is 5.95 Å². The SMILES string of the molecule is CCCNc1nc(=O)c2ncn(C3O[C@H](CO)[C@@H](O)[C@H]3O)c2c(=O)[nH]1. The maximum Gasteiger partial charge on any atom is 0.301 e. The van der Waals surface area contributed by atoms with Gasteiger partial charge in [-0.25, -0.2) is 4.98 Å². The number of nitrogens with one attached hydrogen (secondary N) is 2. The van der Waals surface area contributed by atoms with Crippen LogP contribution in [-0.2, 0) is 4.74 Å². The summed E-state index contributed by atoms with van der Waals surface area (Å²) in [6.07, 6.45) is -3.01. The number of aromatic amines is 1. The van der Waals surface area contributed by atoms with Crippen molar-refractivity contribution in [1.82, 2.24) is 19.5 Å². The highest BCUT2D eigenvalue weighted by molar-refractivity contribution is 5.73. The molecule has 2 aromatic rings. The van der Waals surface area contributed by atoms with Crippen LogP contribution in [0.15, 0.2) is 15.9 Å². The third-order valence-electron chi connectivity index (χ3n) is 3.99. The minimum atomic E-state index is -1.40. The standard InChI is InChI=1S/C14H19N5O6/c1-2-3-15-14-17-11(23)7-8(12(24)18-14)19(5-16-7)13-10(22)9(21)6(4-20)25-13/h5-6,9-10,13,20-22H,2-4H2,1H3,(H2,15,17,18,23,24)/t6-,9-,10-,13?/m1/s1. The Hall–Kier alpha value is -2.34. The minimum Gasteiger partial charge on any atom is -0.394 e. The summed E-state index contributed by atoms with van der Waals surface area (Å²) in [5.41, 5.74) is -1.71. The van der Waals surface area contributed by atoms with E-state index in [-0.39, 0.29) is 17.0 Å². The molecule has 5 N–H and O–H groups in total. The third-order valence-corrected chi connectivity index (χ3v) is 3.99. The quantitative estimate of drug-likeness (QED) is 0.406. The van der Waals surface area contributed by atoms with E-state index in [4.69, 9.17) is 4.74 Å². The van der Waals surface area contributed by atoms with Crippen molar-refractivity contribution in [2.24, 2.45) is 0 Å². The number of imidazole rings is 1. The van der Waals surface area contributed by atoms with Gasteiger partial charge in [-0.15, -0.1) is 0 Å². The molecule has 1 aliphatic rings. The van der Waals surface area contributed by atoms with E-state index in [1.54, 1.807) is 0 Å². The minimum absolute atomic E-state index is 0.0163. The number of H-pyrrole nitrogens is 1. The maximum absolute atomic E-state index is 12.5. The summed E-state index contributed by atoms with van der Waals surface area (Å²) in [5.74, 6) is 0.0163. The normalized spacial score (nSPS) is 26.2. The first-order valence-corrected chi connectivity index (χ1v) is 7.85. The van der Waals surface area contributed by atoms with Crippen molar-refractivity contribution in [2.75, 3.05) is 18.5 Å². The smallest absolute Gasteiger partial charge is 0.301 e. The van der Waals surface area contributed by atoms with Crippen LogP contribution in [0.5, 0.6) is 0 Å². The average Bonchev–Trinajstić information content (AvgIpc) is 3.11. The molecule has 4 atom stereocenters. The molecule has 1 saturated heterocycles. The lowest BCUT2D eigenvalue weighted by atomic mass is 10.1. The van der Waals surface area contributed by atoms with Gasteiger partial charge in [0.2, 0.25) is 5.95 Å². The Bertz CT molecular complexity index is 880. The summed E-state index contributed by atoms with van der Waals surface area (Å²) >= 11 is 0. The van der Waals surface area contributed by atoms with E-state index in [2.05, 4.69) is 20.3 Å². The van der Waals surface area contributed by atoms with Crippen LogP contribution in [0.25, 0.3) is 11.0 Å². The second-order valence-electron chi connectivity index (χ2n) is 5.72. The molecule has 2 aromatic heterocycles. The fourth-order valence-electron chi connectivity index (χ4n) is 2.72. The molecule has 1 unspecified atom stereocenters. The predicted molar refractivity (Wildman–Crippen MR) is 86.2 cm³/mol. The van der Waals surface area contributed by atoms with Crippen molar-refractivity contribution >= 4 is 17.0 Å². The number of aliphatic hydroxyl groups is 3. The average molecular weight is 353 g/mol. The Balaban J connectivity index is 2.13. The van der Waals surface area contributed by atoms with E-state index in [1.165, 1.54) is 0 Å². The van der Waals surface area contributed by atoms with Crippen LogP contribution in [0, 0.1) is 0 Å². The number of fused-ring (bicyclic) bond motifs is 1. The zero-order chi connectivity index (χ0) is 18.1. The highest BCUT2D eigenvalue weighted by Gasteiger charge is 2.44. The van der Waals surface area contributed by atoms with Gasteiger partial charge in [-0.05, 0) is 6.42 Å². The lowest BCUT2D eigenvalue weighted by Gasteiger charge is -2.16. The molecule has 0 bridgehead atoms. The van der Waals surface area contributed by atoms with E-state index in [9.17, 15) is 24.9 Å². The lowest BCUT2D eigenvalue weighted by molar-refractivity contribution is -0.0509. The first-order valence-electron chi connectivity index (χ1n) is 7.85. The van der Waals surface area contributed by atoms with Gasteiger partial charge >= 0.3 is 5.56 Å².